The lowest BCUT2D eigenvalue weighted by Crippen LogP contribution is -2.11. The van der Waals surface area contributed by atoms with Crippen LogP contribution in [0.4, 0.5) is 14.5 Å². The van der Waals surface area contributed by atoms with Crippen LogP contribution in [0, 0.1) is 11.6 Å². The molecule has 0 aromatic heterocycles. The van der Waals surface area contributed by atoms with Crippen molar-refractivity contribution in [1.29, 1.82) is 0 Å². The molecule has 106 valence electrons. The van der Waals surface area contributed by atoms with Gasteiger partial charge in [-0.15, -0.1) is 0 Å². The first-order valence-electron chi connectivity index (χ1n) is 6.07. The number of benzene rings is 2. The summed E-state index contributed by atoms with van der Waals surface area (Å²) in [5, 5.41) is 3.31. The van der Waals surface area contributed by atoms with Crippen molar-refractivity contribution in [2.45, 2.75) is 13.0 Å². The van der Waals surface area contributed by atoms with Crippen LogP contribution in [0.15, 0.2) is 36.4 Å². The lowest BCUT2D eigenvalue weighted by molar-refractivity contribution is 0.402. The molecule has 0 spiro atoms. The predicted molar refractivity (Wildman–Crippen MR) is 76.4 cm³/mol. The second-order valence-electron chi connectivity index (χ2n) is 4.35. The third-order valence-corrected chi connectivity index (χ3v) is 3.20. The summed E-state index contributed by atoms with van der Waals surface area (Å²) in [6, 6.07) is 8.26. The van der Waals surface area contributed by atoms with E-state index in [0.29, 0.717) is 16.3 Å². The molecular weight excluding hydrogens is 284 g/mol. The zero-order valence-electron chi connectivity index (χ0n) is 11.1. The van der Waals surface area contributed by atoms with E-state index in [-0.39, 0.29) is 5.69 Å². The Bertz CT molecular complexity index is 619. The van der Waals surface area contributed by atoms with Gasteiger partial charge in [0.25, 0.3) is 0 Å². The topological polar surface area (TPSA) is 21.3 Å². The molecule has 0 aliphatic carbocycles. The van der Waals surface area contributed by atoms with E-state index < -0.39 is 17.7 Å². The Morgan fingerprint density at radius 1 is 1.15 bits per heavy atom. The first-order valence-corrected chi connectivity index (χ1v) is 6.44. The average molecular weight is 298 g/mol. The van der Waals surface area contributed by atoms with Gasteiger partial charge in [-0.25, -0.2) is 8.78 Å². The highest BCUT2D eigenvalue weighted by Gasteiger charge is 2.17. The Labute approximate surface area is 121 Å². The molecule has 2 nitrogen and oxygen atoms in total. The second-order valence-corrected chi connectivity index (χ2v) is 4.78. The molecule has 0 amide bonds. The summed E-state index contributed by atoms with van der Waals surface area (Å²) in [6.45, 7) is 1.72. The summed E-state index contributed by atoms with van der Waals surface area (Å²) in [5.74, 6) is -0.448. The third-order valence-electron chi connectivity index (χ3n) is 2.97. The van der Waals surface area contributed by atoms with Crippen molar-refractivity contribution in [1.82, 2.24) is 0 Å². The summed E-state index contributed by atoms with van der Waals surface area (Å²) in [7, 11) is 1.46. The van der Waals surface area contributed by atoms with Gasteiger partial charge in [0.1, 0.15) is 17.4 Å². The van der Waals surface area contributed by atoms with Gasteiger partial charge >= 0.3 is 0 Å². The maximum absolute atomic E-state index is 13.9. The van der Waals surface area contributed by atoms with Crippen LogP contribution in [0.25, 0.3) is 0 Å². The molecule has 0 saturated heterocycles. The Kier molecular flexibility index (Phi) is 4.45. The van der Waals surface area contributed by atoms with Gasteiger partial charge in [-0.05, 0) is 37.3 Å². The van der Waals surface area contributed by atoms with Crippen molar-refractivity contribution in [2.24, 2.45) is 0 Å². The van der Waals surface area contributed by atoms with E-state index in [0.717, 1.165) is 0 Å². The second kappa shape index (κ2) is 6.09. The van der Waals surface area contributed by atoms with Gasteiger partial charge in [0.15, 0.2) is 0 Å². The summed E-state index contributed by atoms with van der Waals surface area (Å²) < 4.78 is 32.8. The van der Waals surface area contributed by atoms with E-state index in [4.69, 9.17) is 16.3 Å². The molecule has 0 radical (unpaired) electrons. The highest BCUT2D eigenvalue weighted by atomic mass is 35.5. The van der Waals surface area contributed by atoms with Crippen LogP contribution >= 0.6 is 11.6 Å². The number of hydrogen-bond acceptors (Lipinski definition) is 2. The number of anilines is 1. The largest absolute Gasteiger partial charge is 0.496 e. The normalized spacial score (nSPS) is 12.1. The highest BCUT2D eigenvalue weighted by Crippen LogP contribution is 2.31. The average Bonchev–Trinajstić information content (AvgIpc) is 2.42. The Hall–Kier alpha value is -1.81. The minimum atomic E-state index is -0.473. The molecule has 5 heteroatoms. The van der Waals surface area contributed by atoms with Crippen LogP contribution < -0.4 is 10.1 Å². The molecule has 0 bridgehead atoms. The number of ether oxygens (including phenoxy) is 1. The monoisotopic (exact) mass is 297 g/mol. The van der Waals surface area contributed by atoms with Crippen LogP contribution in [0.1, 0.15) is 18.5 Å². The molecule has 0 fully saturated rings. The number of hydrogen-bond donors (Lipinski definition) is 1. The lowest BCUT2D eigenvalue weighted by Gasteiger charge is -2.19. The Morgan fingerprint density at radius 3 is 2.60 bits per heavy atom. The summed E-state index contributed by atoms with van der Waals surface area (Å²) in [5.41, 5.74) is 0.560. The fourth-order valence-corrected chi connectivity index (χ4v) is 2.20. The molecule has 2 aromatic rings. The van der Waals surface area contributed by atoms with E-state index in [1.54, 1.807) is 19.1 Å². The lowest BCUT2D eigenvalue weighted by atomic mass is 10.1. The van der Waals surface area contributed by atoms with Crippen molar-refractivity contribution in [3.63, 3.8) is 0 Å². The summed E-state index contributed by atoms with van der Waals surface area (Å²) in [4.78, 5) is 0. The standard InChI is InChI=1S/C15H14ClF2NO/c1-9(15-12(18)4-3-5-14(15)20-2)19-13-8-10(16)6-7-11(13)17/h3-9,19H,1-2H3. The van der Waals surface area contributed by atoms with Crippen LogP contribution in [-0.2, 0) is 0 Å². The molecule has 0 aliphatic heterocycles. The fourth-order valence-electron chi connectivity index (χ4n) is 2.03. The molecule has 0 heterocycles. The van der Waals surface area contributed by atoms with E-state index in [9.17, 15) is 8.78 Å². The molecule has 2 aromatic carbocycles. The van der Waals surface area contributed by atoms with Crippen LogP contribution in [0.3, 0.4) is 0 Å². The van der Waals surface area contributed by atoms with Crippen LogP contribution in [0.5, 0.6) is 5.75 Å². The van der Waals surface area contributed by atoms with E-state index >= 15 is 0 Å². The van der Waals surface area contributed by atoms with Crippen molar-refractivity contribution in [3.05, 3.63) is 58.6 Å². The van der Waals surface area contributed by atoms with Crippen molar-refractivity contribution in [3.8, 4) is 5.75 Å². The summed E-state index contributed by atoms with van der Waals surface area (Å²) in [6.07, 6.45) is 0. The fraction of sp³-hybridized carbons (Fsp3) is 0.200. The van der Waals surface area contributed by atoms with Crippen LogP contribution in [-0.4, -0.2) is 7.11 Å². The predicted octanol–water partition coefficient (Wildman–Crippen LogP) is 4.80. The first-order chi connectivity index (χ1) is 9.52. The van der Waals surface area contributed by atoms with Gasteiger partial charge in [-0.2, -0.15) is 0 Å². The van der Waals surface area contributed by atoms with Gasteiger partial charge in [-0.3, -0.25) is 0 Å². The van der Waals surface area contributed by atoms with E-state index in [2.05, 4.69) is 5.32 Å². The zero-order chi connectivity index (χ0) is 14.7. The number of methoxy groups -OCH3 is 1. The molecule has 0 aliphatic rings. The SMILES string of the molecule is COc1cccc(F)c1C(C)Nc1cc(Cl)ccc1F. The first kappa shape index (κ1) is 14.6. The van der Waals surface area contributed by atoms with E-state index in [1.807, 2.05) is 0 Å². The van der Waals surface area contributed by atoms with Gasteiger partial charge in [-0.1, -0.05) is 17.7 Å². The summed E-state index contributed by atoms with van der Waals surface area (Å²) >= 11 is 5.83. The molecule has 20 heavy (non-hydrogen) atoms. The quantitative estimate of drug-likeness (QED) is 0.875. The molecule has 2 rings (SSSR count). The zero-order valence-corrected chi connectivity index (χ0v) is 11.8. The number of nitrogens with one attached hydrogen (secondary N) is 1. The number of rotatable bonds is 4. The third kappa shape index (κ3) is 3.02. The van der Waals surface area contributed by atoms with Gasteiger partial charge < -0.3 is 10.1 Å². The molecular formula is C15H14ClF2NO. The molecule has 1 N–H and O–H groups in total. The van der Waals surface area contributed by atoms with Crippen molar-refractivity contribution in [2.75, 3.05) is 12.4 Å². The molecule has 1 unspecified atom stereocenters. The smallest absolute Gasteiger partial charge is 0.146 e. The van der Waals surface area contributed by atoms with Crippen molar-refractivity contribution >= 4 is 17.3 Å². The Morgan fingerprint density at radius 2 is 1.90 bits per heavy atom. The van der Waals surface area contributed by atoms with Gasteiger partial charge in [0.2, 0.25) is 0 Å². The highest BCUT2D eigenvalue weighted by molar-refractivity contribution is 6.30. The minimum Gasteiger partial charge on any atom is -0.496 e. The van der Waals surface area contributed by atoms with E-state index in [1.165, 1.54) is 31.4 Å². The molecule has 0 saturated carbocycles. The number of halogens is 3. The maximum Gasteiger partial charge on any atom is 0.146 e. The van der Waals surface area contributed by atoms with Crippen LogP contribution in [0.2, 0.25) is 5.02 Å². The maximum atomic E-state index is 13.9. The molecule has 1 atom stereocenters. The van der Waals surface area contributed by atoms with Gasteiger partial charge in [0.05, 0.1) is 24.4 Å². The Balaban J connectivity index is 2.33. The minimum absolute atomic E-state index is 0.218. The van der Waals surface area contributed by atoms with Crippen molar-refractivity contribution < 1.29 is 13.5 Å². The van der Waals surface area contributed by atoms with Gasteiger partial charge in [0, 0.05) is 5.02 Å².